The van der Waals surface area contributed by atoms with Gasteiger partial charge in [0.2, 0.25) is 5.91 Å². The Bertz CT molecular complexity index is 942. The van der Waals surface area contributed by atoms with E-state index in [0.717, 1.165) is 39.8 Å². The SMILES string of the molecule is O=C(/C=C1\CCOc2ccccc21)Nc1cccc2cnccc12. The smallest absolute Gasteiger partial charge is 0.248 e. The second-order valence-corrected chi connectivity index (χ2v) is 5.66. The van der Waals surface area contributed by atoms with Crippen LogP contribution in [0, 0.1) is 0 Å². The Kier molecular flexibility index (Phi) is 3.71. The molecule has 1 aromatic heterocycles. The molecule has 0 unspecified atom stereocenters. The number of nitrogens with one attached hydrogen (secondary N) is 1. The summed E-state index contributed by atoms with van der Waals surface area (Å²) < 4.78 is 5.63. The topological polar surface area (TPSA) is 51.2 Å². The first kappa shape index (κ1) is 14.5. The van der Waals surface area contributed by atoms with Gasteiger partial charge in [-0.3, -0.25) is 9.78 Å². The molecule has 2 aromatic carbocycles. The fourth-order valence-electron chi connectivity index (χ4n) is 2.97. The number of hydrogen-bond acceptors (Lipinski definition) is 3. The zero-order valence-corrected chi connectivity index (χ0v) is 13.0. The third-order valence-electron chi connectivity index (χ3n) is 4.11. The third kappa shape index (κ3) is 2.74. The van der Waals surface area contributed by atoms with Gasteiger partial charge in [-0.15, -0.1) is 0 Å². The van der Waals surface area contributed by atoms with Crippen LogP contribution in [0.25, 0.3) is 16.3 Å². The molecule has 4 nitrogen and oxygen atoms in total. The molecule has 24 heavy (non-hydrogen) atoms. The van der Waals surface area contributed by atoms with Crippen molar-refractivity contribution in [2.24, 2.45) is 0 Å². The molecule has 0 saturated heterocycles. The van der Waals surface area contributed by atoms with Crippen LogP contribution in [0.3, 0.4) is 0 Å². The Morgan fingerprint density at radius 2 is 2.04 bits per heavy atom. The summed E-state index contributed by atoms with van der Waals surface area (Å²) in [4.78, 5) is 16.6. The van der Waals surface area contributed by atoms with Crippen molar-refractivity contribution in [3.05, 3.63) is 72.6 Å². The molecule has 1 amide bonds. The molecule has 4 heteroatoms. The lowest BCUT2D eigenvalue weighted by Crippen LogP contribution is -2.12. The van der Waals surface area contributed by atoms with Gasteiger partial charge in [-0.2, -0.15) is 0 Å². The molecule has 0 radical (unpaired) electrons. The molecule has 0 bridgehead atoms. The van der Waals surface area contributed by atoms with Crippen LogP contribution in [0.15, 0.2) is 67.0 Å². The summed E-state index contributed by atoms with van der Waals surface area (Å²) in [6.07, 6.45) is 5.91. The number of pyridine rings is 1. The lowest BCUT2D eigenvalue weighted by Gasteiger charge is -2.19. The highest BCUT2D eigenvalue weighted by Gasteiger charge is 2.15. The summed E-state index contributed by atoms with van der Waals surface area (Å²) >= 11 is 0. The average Bonchev–Trinajstić information content (AvgIpc) is 2.62. The number of ether oxygens (including phenoxy) is 1. The Morgan fingerprint density at radius 3 is 3.00 bits per heavy atom. The number of hydrogen-bond donors (Lipinski definition) is 1. The van der Waals surface area contributed by atoms with Crippen LogP contribution in [0.5, 0.6) is 5.75 Å². The van der Waals surface area contributed by atoms with E-state index in [1.54, 1.807) is 18.5 Å². The van der Waals surface area contributed by atoms with Crippen molar-refractivity contribution in [3.63, 3.8) is 0 Å². The maximum atomic E-state index is 12.5. The standard InChI is InChI=1S/C20H16N2O2/c23-20(12-14-9-11-24-19-7-2-1-5-17(14)19)22-18-6-3-4-15-13-21-10-8-16(15)18/h1-8,10,12-13H,9,11H2,(H,22,23)/b14-12+. The molecule has 3 aromatic rings. The molecule has 1 N–H and O–H groups in total. The summed E-state index contributed by atoms with van der Waals surface area (Å²) in [6.45, 7) is 0.593. The van der Waals surface area contributed by atoms with Crippen molar-refractivity contribution >= 4 is 27.9 Å². The maximum Gasteiger partial charge on any atom is 0.248 e. The molecule has 2 heterocycles. The second-order valence-electron chi connectivity index (χ2n) is 5.66. The molecular formula is C20H16N2O2. The van der Waals surface area contributed by atoms with Crippen LogP contribution in [0.2, 0.25) is 0 Å². The van der Waals surface area contributed by atoms with E-state index >= 15 is 0 Å². The molecular weight excluding hydrogens is 300 g/mol. The van der Waals surface area contributed by atoms with Crippen molar-refractivity contribution in [1.29, 1.82) is 0 Å². The first-order valence-corrected chi connectivity index (χ1v) is 7.88. The number of amides is 1. The predicted molar refractivity (Wildman–Crippen MR) is 94.9 cm³/mol. The van der Waals surface area contributed by atoms with Gasteiger partial charge in [-0.1, -0.05) is 30.3 Å². The second kappa shape index (κ2) is 6.16. The van der Waals surface area contributed by atoms with Gasteiger partial charge in [0.05, 0.1) is 6.61 Å². The summed E-state index contributed by atoms with van der Waals surface area (Å²) in [5.74, 6) is 0.699. The van der Waals surface area contributed by atoms with Crippen LogP contribution < -0.4 is 10.1 Å². The van der Waals surface area contributed by atoms with Gasteiger partial charge < -0.3 is 10.1 Å². The molecule has 1 aliphatic rings. The van der Waals surface area contributed by atoms with Crippen molar-refractivity contribution in [2.45, 2.75) is 6.42 Å². The van der Waals surface area contributed by atoms with E-state index in [9.17, 15) is 4.79 Å². The molecule has 118 valence electrons. The fourth-order valence-corrected chi connectivity index (χ4v) is 2.97. The van der Waals surface area contributed by atoms with Gasteiger partial charge in [0, 0.05) is 46.9 Å². The van der Waals surface area contributed by atoms with E-state index in [1.165, 1.54) is 0 Å². The van der Waals surface area contributed by atoms with Gasteiger partial charge in [0.25, 0.3) is 0 Å². The first-order valence-electron chi connectivity index (χ1n) is 7.88. The number of fused-ring (bicyclic) bond motifs is 2. The number of nitrogens with zero attached hydrogens (tertiary/aromatic N) is 1. The number of anilines is 1. The number of carbonyl (C=O) groups excluding carboxylic acids is 1. The van der Waals surface area contributed by atoms with Crippen LogP contribution in [0.1, 0.15) is 12.0 Å². The average molecular weight is 316 g/mol. The van der Waals surface area contributed by atoms with Gasteiger partial charge in [0.1, 0.15) is 5.75 Å². The molecule has 0 saturated carbocycles. The molecule has 0 aliphatic carbocycles. The lowest BCUT2D eigenvalue weighted by atomic mass is 9.99. The predicted octanol–water partition coefficient (Wildman–Crippen LogP) is 4.04. The summed E-state index contributed by atoms with van der Waals surface area (Å²) in [6, 6.07) is 15.5. The Hall–Kier alpha value is -3.14. The van der Waals surface area contributed by atoms with Gasteiger partial charge >= 0.3 is 0 Å². The molecule has 0 spiro atoms. The first-order chi connectivity index (χ1) is 11.8. The number of carbonyl (C=O) groups is 1. The monoisotopic (exact) mass is 316 g/mol. The third-order valence-corrected chi connectivity index (χ3v) is 4.11. The molecule has 0 fully saturated rings. The van der Waals surface area contributed by atoms with E-state index in [-0.39, 0.29) is 5.91 Å². The number of para-hydroxylation sites is 1. The number of aromatic nitrogens is 1. The molecule has 4 rings (SSSR count). The van der Waals surface area contributed by atoms with Crippen molar-refractivity contribution in [2.75, 3.05) is 11.9 Å². The van der Waals surface area contributed by atoms with E-state index in [4.69, 9.17) is 4.74 Å². The van der Waals surface area contributed by atoms with Crippen molar-refractivity contribution in [1.82, 2.24) is 4.98 Å². The lowest BCUT2D eigenvalue weighted by molar-refractivity contribution is -0.111. The van der Waals surface area contributed by atoms with Gasteiger partial charge in [-0.25, -0.2) is 0 Å². The van der Waals surface area contributed by atoms with Crippen LogP contribution in [-0.4, -0.2) is 17.5 Å². The maximum absolute atomic E-state index is 12.5. The minimum Gasteiger partial charge on any atom is -0.493 e. The summed E-state index contributed by atoms with van der Waals surface area (Å²) in [7, 11) is 0. The number of rotatable bonds is 2. The zero-order chi connectivity index (χ0) is 16.4. The van der Waals surface area contributed by atoms with E-state index in [0.29, 0.717) is 6.61 Å². The Balaban J connectivity index is 1.63. The minimum atomic E-state index is -0.133. The zero-order valence-electron chi connectivity index (χ0n) is 13.0. The van der Waals surface area contributed by atoms with Crippen LogP contribution >= 0.6 is 0 Å². The summed E-state index contributed by atoms with van der Waals surface area (Å²) in [5.41, 5.74) is 2.77. The van der Waals surface area contributed by atoms with E-state index in [1.807, 2.05) is 48.5 Å². The fraction of sp³-hybridized carbons (Fsp3) is 0.100. The van der Waals surface area contributed by atoms with Crippen molar-refractivity contribution < 1.29 is 9.53 Å². The summed E-state index contributed by atoms with van der Waals surface area (Å²) in [5, 5.41) is 4.96. The normalized spacial score (nSPS) is 14.9. The highest BCUT2D eigenvalue weighted by Crippen LogP contribution is 2.32. The van der Waals surface area contributed by atoms with Crippen LogP contribution in [0.4, 0.5) is 5.69 Å². The Labute approximate surface area is 139 Å². The highest BCUT2D eigenvalue weighted by molar-refractivity contribution is 6.08. The van der Waals surface area contributed by atoms with Gasteiger partial charge in [-0.05, 0) is 23.8 Å². The van der Waals surface area contributed by atoms with E-state index in [2.05, 4.69) is 10.3 Å². The largest absolute Gasteiger partial charge is 0.493 e. The van der Waals surface area contributed by atoms with Crippen molar-refractivity contribution in [3.8, 4) is 5.75 Å². The molecule has 1 aliphatic heterocycles. The quantitative estimate of drug-likeness (QED) is 0.726. The molecule has 0 atom stereocenters. The Morgan fingerprint density at radius 1 is 1.12 bits per heavy atom. The van der Waals surface area contributed by atoms with Crippen LogP contribution in [-0.2, 0) is 4.79 Å². The minimum absolute atomic E-state index is 0.133. The van der Waals surface area contributed by atoms with E-state index < -0.39 is 0 Å². The van der Waals surface area contributed by atoms with Gasteiger partial charge in [0.15, 0.2) is 0 Å². The number of benzene rings is 2. The highest BCUT2D eigenvalue weighted by atomic mass is 16.5.